The van der Waals surface area contributed by atoms with Crippen molar-refractivity contribution in [1.82, 2.24) is 4.98 Å². The van der Waals surface area contributed by atoms with Crippen LogP contribution in [0, 0.1) is 5.92 Å². The van der Waals surface area contributed by atoms with Crippen molar-refractivity contribution in [2.45, 2.75) is 38.6 Å². The minimum absolute atomic E-state index is 0.503. The summed E-state index contributed by atoms with van der Waals surface area (Å²) < 4.78 is 5.47. The zero-order valence-corrected chi connectivity index (χ0v) is 12.0. The Hall–Kier alpha value is -1.29. The van der Waals surface area contributed by atoms with E-state index in [1.54, 1.807) is 0 Å². The van der Waals surface area contributed by atoms with Gasteiger partial charge >= 0.3 is 0 Å². The molecule has 1 aromatic rings. The van der Waals surface area contributed by atoms with Gasteiger partial charge in [-0.05, 0) is 38.3 Å². The first kappa shape index (κ1) is 14.1. The number of aromatic nitrogens is 1. The maximum Gasteiger partial charge on any atom is 0.215 e. The highest BCUT2D eigenvalue weighted by Crippen LogP contribution is 2.30. The molecule has 1 aliphatic rings. The Labute approximate surface area is 116 Å². The monoisotopic (exact) mass is 263 g/mol. The second-order valence-electron chi connectivity index (χ2n) is 5.23. The van der Waals surface area contributed by atoms with Gasteiger partial charge in [-0.15, -0.1) is 0 Å². The SMILES string of the molecule is CCOc1cccc(N(C)C2CCCCC2CN)n1. The van der Waals surface area contributed by atoms with E-state index in [0.29, 0.717) is 24.4 Å². The molecular formula is C15H25N3O. The number of ether oxygens (including phenoxy) is 1. The van der Waals surface area contributed by atoms with Gasteiger partial charge < -0.3 is 15.4 Å². The van der Waals surface area contributed by atoms with Gasteiger partial charge in [-0.2, -0.15) is 4.98 Å². The van der Waals surface area contributed by atoms with Crippen molar-refractivity contribution >= 4 is 5.82 Å². The lowest BCUT2D eigenvalue weighted by atomic mass is 9.84. The first-order valence-electron chi connectivity index (χ1n) is 7.29. The van der Waals surface area contributed by atoms with Gasteiger partial charge in [0.2, 0.25) is 5.88 Å². The van der Waals surface area contributed by atoms with Crippen molar-refractivity contribution < 1.29 is 4.74 Å². The Kier molecular flexibility index (Phi) is 5.02. The molecule has 0 aliphatic heterocycles. The van der Waals surface area contributed by atoms with Gasteiger partial charge in [0.1, 0.15) is 5.82 Å². The topological polar surface area (TPSA) is 51.4 Å². The molecule has 0 amide bonds. The largest absolute Gasteiger partial charge is 0.478 e. The Bertz CT molecular complexity index is 397. The van der Waals surface area contributed by atoms with E-state index in [1.165, 1.54) is 25.7 Å². The van der Waals surface area contributed by atoms with Crippen LogP contribution in [0.3, 0.4) is 0 Å². The molecule has 0 bridgehead atoms. The number of nitrogens with two attached hydrogens (primary N) is 1. The first-order chi connectivity index (χ1) is 9.26. The van der Waals surface area contributed by atoms with E-state index in [4.69, 9.17) is 10.5 Å². The highest BCUT2D eigenvalue weighted by atomic mass is 16.5. The normalized spacial score (nSPS) is 23.1. The van der Waals surface area contributed by atoms with Gasteiger partial charge in [0.05, 0.1) is 6.61 Å². The molecule has 1 saturated carbocycles. The minimum Gasteiger partial charge on any atom is -0.478 e. The molecule has 1 aromatic heterocycles. The molecule has 2 N–H and O–H groups in total. The Morgan fingerprint density at radius 2 is 2.16 bits per heavy atom. The molecule has 1 fully saturated rings. The lowest BCUT2D eigenvalue weighted by Crippen LogP contribution is -2.43. The van der Waals surface area contributed by atoms with Crippen LogP contribution in [0.5, 0.6) is 5.88 Å². The molecule has 4 heteroatoms. The number of pyridine rings is 1. The lowest BCUT2D eigenvalue weighted by Gasteiger charge is -2.38. The van der Waals surface area contributed by atoms with E-state index in [2.05, 4.69) is 16.9 Å². The number of hydrogen-bond acceptors (Lipinski definition) is 4. The summed E-state index contributed by atoms with van der Waals surface area (Å²) in [5.41, 5.74) is 5.92. The second-order valence-corrected chi connectivity index (χ2v) is 5.23. The summed E-state index contributed by atoms with van der Waals surface area (Å²) in [4.78, 5) is 6.85. The molecule has 19 heavy (non-hydrogen) atoms. The second kappa shape index (κ2) is 6.75. The van der Waals surface area contributed by atoms with Crippen LogP contribution in [-0.4, -0.2) is 31.2 Å². The molecule has 0 radical (unpaired) electrons. The predicted octanol–water partition coefficient (Wildman–Crippen LogP) is 2.43. The van der Waals surface area contributed by atoms with E-state index in [0.717, 1.165) is 12.4 Å². The van der Waals surface area contributed by atoms with Gasteiger partial charge in [0, 0.05) is 19.2 Å². The molecule has 0 saturated heterocycles. The molecule has 0 spiro atoms. The van der Waals surface area contributed by atoms with Crippen LogP contribution in [0.1, 0.15) is 32.6 Å². The van der Waals surface area contributed by atoms with Crippen LogP contribution >= 0.6 is 0 Å². The highest BCUT2D eigenvalue weighted by molar-refractivity contribution is 5.41. The van der Waals surface area contributed by atoms with Crippen LogP contribution in [0.25, 0.3) is 0 Å². The average Bonchev–Trinajstić information content (AvgIpc) is 2.47. The summed E-state index contributed by atoms with van der Waals surface area (Å²) in [6, 6.07) is 6.46. The van der Waals surface area contributed by atoms with Crippen molar-refractivity contribution in [3.05, 3.63) is 18.2 Å². The molecule has 2 atom stereocenters. The molecule has 4 nitrogen and oxygen atoms in total. The van der Waals surface area contributed by atoms with Crippen LogP contribution in [0.2, 0.25) is 0 Å². The standard InChI is InChI=1S/C15H25N3O/c1-3-19-15-10-6-9-14(17-15)18(2)13-8-5-4-7-12(13)11-16/h6,9-10,12-13H,3-5,7-8,11,16H2,1-2H3. The van der Waals surface area contributed by atoms with Gasteiger partial charge in [0.25, 0.3) is 0 Å². The minimum atomic E-state index is 0.503. The predicted molar refractivity (Wildman–Crippen MR) is 78.6 cm³/mol. The summed E-state index contributed by atoms with van der Waals surface area (Å²) in [5.74, 6) is 2.26. The third kappa shape index (κ3) is 3.38. The third-order valence-electron chi connectivity index (χ3n) is 4.03. The van der Waals surface area contributed by atoms with Crippen molar-refractivity contribution in [3.8, 4) is 5.88 Å². The smallest absolute Gasteiger partial charge is 0.215 e. The summed E-state index contributed by atoms with van der Waals surface area (Å²) >= 11 is 0. The number of anilines is 1. The van der Waals surface area contributed by atoms with Crippen LogP contribution in [0.4, 0.5) is 5.82 Å². The van der Waals surface area contributed by atoms with Gasteiger partial charge in [-0.1, -0.05) is 18.9 Å². The Balaban J connectivity index is 2.12. The fourth-order valence-corrected chi connectivity index (χ4v) is 2.97. The summed E-state index contributed by atoms with van der Waals surface area (Å²) in [5, 5.41) is 0. The number of rotatable bonds is 5. The van der Waals surface area contributed by atoms with Crippen LogP contribution < -0.4 is 15.4 Å². The summed E-state index contributed by atoms with van der Waals surface area (Å²) in [7, 11) is 2.12. The zero-order valence-electron chi connectivity index (χ0n) is 12.0. The third-order valence-corrected chi connectivity index (χ3v) is 4.03. The molecule has 1 aliphatic carbocycles. The van der Waals surface area contributed by atoms with E-state index < -0.39 is 0 Å². The van der Waals surface area contributed by atoms with Crippen molar-refractivity contribution in [3.63, 3.8) is 0 Å². The van der Waals surface area contributed by atoms with Crippen LogP contribution in [0.15, 0.2) is 18.2 Å². The van der Waals surface area contributed by atoms with Crippen LogP contribution in [-0.2, 0) is 0 Å². The maximum atomic E-state index is 5.92. The molecule has 0 aromatic carbocycles. The van der Waals surface area contributed by atoms with Crippen molar-refractivity contribution in [2.24, 2.45) is 11.7 Å². The molecule has 2 unspecified atom stereocenters. The molecule has 1 heterocycles. The Morgan fingerprint density at radius 3 is 2.89 bits per heavy atom. The van der Waals surface area contributed by atoms with Gasteiger partial charge in [0.15, 0.2) is 0 Å². The zero-order chi connectivity index (χ0) is 13.7. The quantitative estimate of drug-likeness (QED) is 0.886. The fourth-order valence-electron chi connectivity index (χ4n) is 2.97. The van der Waals surface area contributed by atoms with Gasteiger partial charge in [-0.25, -0.2) is 0 Å². The average molecular weight is 263 g/mol. The van der Waals surface area contributed by atoms with Crippen molar-refractivity contribution in [1.29, 1.82) is 0 Å². The maximum absolute atomic E-state index is 5.92. The van der Waals surface area contributed by atoms with E-state index in [9.17, 15) is 0 Å². The van der Waals surface area contributed by atoms with E-state index in [1.807, 2.05) is 25.1 Å². The molecular weight excluding hydrogens is 238 g/mol. The summed E-state index contributed by atoms with van der Waals surface area (Å²) in [6.07, 6.45) is 5.03. The van der Waals surface area contributed by atoms with Crippen molar-refractivity contribution in [2.75, 3.05) is 25.1 Å². The van der Waals surface area contributed by atoms with E-state index >= 15 is 0 Å². The van der Waals surface area contributed by atoms with E-state index in [-0.39, 0.29) is 0 Å². The lowest BCUT2D eigenvalue weighted by molar-refractivity contribution is 0.303. The highest BCUT2D eigenvalue weighted by Gasteiger charge is 2.28. The molecule has 106 valence electrons. The fraction of sp³-hybridized carbons (Fsp3) is 0.667. The first-order valence-corrected chi connectivity index (χ1v) is 7.29. The number of nitrogens with zero attached hydrogens (tertiary/aromatic N) is 2. The number of hydrogen-bond donors (Lipinski definition) is 1. The Morgan fingerprint density at radius 1 is 1.37 bits per heavy atom. The molecule has 2 rings (SSSR count). The summed E-state index contributed by atoms with van der Waals surface area (Å²) in [6.45, 7) is 3.39. The van der Waals surface area contributed by atoms with Gasteiger partial charge in [-0.3, -0.25) is 0 Å².